The summed E-state index contributed by atoms with van der Waals surface area (Å²) in [5.41, 5.74) is -3.44. The first-order chi connectivity index (χ1) is 11.3. The maximum Gasteiger partial charge on any atom is 0.330 e. The summed E-state index contributed by atoms with van der Waals surface area (Å²) in [6.07, 6.45) is -1.17. The van der Waals surface area contributed by atoms with E-state index in [-0.39, 0.29) is 12.8 Å². The normalized spacial score (nSPS) is 26.8. The van der Waals surface area contributed by atoms with E-state index in [4.69, 9.17) is 16.3 Å². The van der Waals surface area contributed by atoms with E-state index in [1.54, 1.807) is 12.1 Å². The Labute approximate surface area is 143 Å². The molecule has 0 aromatic carbocycles. The number of nitrogens with one attached hydrogen (secondary N) is 1. The van der Waals surface area contributed by atoms with Crippen LogP contribution in [0.15, 0.2) is 27.9 Å². The molecule has 0 radical (unpaired) electrons. The highest BCUT2D eigenvalue weighted by molar-refractivity contribution is 7.16. The summed E-state index contributed by atoms with van der Waals surface area (Å²) in [4.78, 5) is 26.1. The van der Waals surface area contributed by atoms with Crippen LogP contribution in [0.2, 0.25) is 4.34 Å². The fraction of sp³-hybridized carbons (Fsp3) is 0.429. The first kappa shape index (κ1) is 17.3. The van der Waals surface area contributed by atoms with Gasteiger partial charge in [-0.3, -0.25) is 14.3 Å². The molecule has 0 aliphatic carbocycles. The average Bonchev–Trinajstić information content (AvgIpc) is 3.06. The van der Waals surface area contributed by atoms with Crippen LogP contribution in [0.5, 0.6) is 0 Å². The lowest BCUT2D eigenvalue weighted by atomic mass is 10.0. The number of aliphatic hydroxyl groups is 2. The van der Waals surface area contributed by atoms with Gasteiger partial charge in [0, 0.05) is 17.7 Å². The van der Waals surface area contributed by atoms with Crippen LogP contribution >= 0.6 is 22.9 Å². The highest BCUT2D eigenvalue weighted by Crippen LogP contribution is 2.39. The zero-order chi connectivity index (χ0) is 17.5. The van der Waals surface area contributed by atoms with Crippen molar-refractivity contribution >= 4 is 22.9 Å². The molecule has 2 aromatic rings. The van der Waals surface area contributed by atoms with Gasteiger partial charge in [-0.05, 0) is 12.1 Å². The van der Waals surface area contributed by atoms with Crippen molar-refractivity contribution in [3.8, 4) is 0 Å². The molecule has 10 heteroatoms. The maximum absolute atomic E-state index is 13.7. The van der Waals surface area contributed by atoms with Crippen molar-refractivity contribution in [2.75, 3.05) is 6.61 Å². The maximum atomic E-state index is 13.7. The summed E-state index contributed by atoms with van der Waals surface area (Å²) in [5, 5.41) is 19.4. The molecule has 130 valence electrons. The second kappa shape index (κ2) is 6.41. The van der Waals surface area contributed by atoms with Crippen molar-refractivity contribution in [2.24, 2.45) is 0 Å². The monoisotopic (exact) mass is 376 g/mol. The largest absolute Gasteiger partial charge is 0.394 e. The molecule has 7 nitrogen and oxygen atoms in total. The minimum absolute atomic E-state index is 0.0564. The number of rotatable bonds is 4. The van der Waals surface area contributed by atoms with E-state index in [1.165, 1.54) is 11.3 Å². The molecule has 3 rings (SSSR count). The average molecular weight is 377 g/mol. The number of hydrogen-bond donors (Lipinski definition) is 3. The molecule has 24 heavy (non-hydrogen) atoms. The number of halogens is 2. The quantitative estimate of drug-likeness (QED) is 0.717. The molecule has 1 aliphatic rings. The van der Waals surface area contributed by atoms with Crippen molar-refractivity contribution in [1.29, 1.82) is 0 Å². The predicted molar refractivity (Wildman–Crippen MR) is 84.9 cm³/mol. The van der Waals surface area contributed by atoms with E-state index in [1.807, 2.05) is 4.98 Å². The van der Waals surface area contributed by atoms with Gasteiger partial charge >= 0.3 is 5.69 Å². The molecule has 0 unspecified atom stereocenters. The lowest BCUT2D eigenvalue weighted by Crippen LogP contribution is -2.46. The van der Waals surface area contributed by atoms with Crippen LogP contribution < -0.4 is 11.2 Å². The number of H-pyrrole nitrogens is 1. The Hall–Kier alpha value is -1.52. The Bertz CT molecular complexity index is 865. The van der Waals surface area contributed by atoms with Gasteiger partial charge in [0.2, 0.25) is 5.82 Å². The number of nitrogens with zero attached hydrogens (tertiary/aromatic N) is 1. The standard InChI is InChI=1S/C14H14ClFN2O5S/c15-11-2-1-7(24-11)3-14(4-9(20)10(6-19)23-14)18-5-8(16)12(21)17-13(18)22/h1-2,5,9-10,19-20H,3-4,6H2,(H,17,21,22)/t9-,10+,14+/m0/s1. The van der Waals surface area contributed by atoms with E-state index in [9.17, 15) is 24.2 Å². The van der Waals surface area contributed by atoms with Crippen LogP contribution in [0, 0.1) is 5.82 Å². The van der Waals surface area contributed by atoms with Crippen LogP contribution in [0.4, 0.5) is 4.39 Å². The number of hydrogen-bond acceptors (Lipinski definition) is 6. The van der Waals surface area contributed by atoms with Gasteiger partial charge < -0.3 is 14.9 Å². The molecular formula is C14H14ClFN2O5S. The van der Waals surface area contributed by atoms with Gasteiger partial charge in [-0.25, -0.2) is 4.79 Å². The van der Waals surface area contributed by atoms with E-state index in [0.29, 0.717) is 4.34 Å². The van der Waals surface area contributed by atoms with Crippen molar-refractivity contribution in [2.45, 2.75) is 30.8 Å². The molecule has 0 spiro atoms. The molecule has 0 saturated carbocycles. The van der Waals surface area contributed by atoms with Crippen LogP contribution in [0.1, 0.15) is 11.3 Å². The smallest absolute Gasteiger partial charge is 0.330 e. The topological polar surface area (TPSA) is 105 Å². The summed E-state index contributed by atoms with van der Waals surface area (Å²) >= 11 is 7.16. The minimum Gasteiger partial charge on any atom is -0.394 e. The summed E-state index contributed by atoms with van der Waals surface area (Å²) in [7, 11) is 0. The van der Waals surface area contributed by atoms with E-state index in [0.717, 1.165) is 15.6 Å². The van der Waals surface area contributed by atoms with Gasteiger partial charge in [-0.2, -0.15) is 4.39 Å². The third-order valence-corrected chi connectivity index (χ3v) is 5.16. The number of ether oxygens (including phenoxy) is 1. The molecule has 1 aliphatic heterocycles. The van der Waals surface area contributed by atoms with Gasteiger partial charge in [0.15, 0.2) is 5.72 Å². The van der Waals surface area contributed by atoms with E-state index >= 15 is 0 Å². The predicted octanol–water partition coefficient (Wildman–Crippen LogP) is 0.428. The Balaban J connectivity index is 2.11. The first-order valence-corrected chi connectivity index (χ1v) is 8.27. The van der Waals surface area contributed by atoms with Crippen LogP contribution in [0.3, 0.4) is 0 Å². The lowest BCUT2D eigenvalue weighted by Gasteiger charge is -2.30. The van der Waals surface area contributed by atoms with Crippen molar-refractivity contribution in [1.82, 2.24) is 9.55 Å². The molecule has 1 fully saturated rings. The van der Waals surface area contributed by atoms with Crippen LogP contribution in [-0.2, 0) is 16.9 Å². The third-order valence-electron chi connectivity index (χ3n) is 3.92. The lowest BCUT2D eigenvalue weighted by molar-refractivity contribution is -0.119. The second-order valence-corrected chi connectivity index (χ2v) is 7.35. The summed E-state index contributed by atoms with van der Waals surface area (Å²) in [5.74, 6) is -1.15. The SMILES string of the molecule is O=c1[nH]c(=O)n([C@@]2(Cc3ccc(Cl)s3)C[C@H](O)[C@@H](CO)O2)cc1F. The van der Waals surface area contributed by atoms with Gasteiger partial charge in [-0.15, -0.1) is 11.3 Å². The highest BCUT2D eigenvalue weighted by Gasteiger charge is 2.48. The molecule has 2 aromatic heterocycles. The zero-order valence-corrected chi connectivity index (χ0v) is 13.8. The zero-order valence-electron chi connectivity index (χ0n) is 12.2. The molecule has 1 saturated heterocycles. The van der Waals surface area contributed by atoms with Gasteiger partial charge in [-0.1, -0.05) is 11.6 Å². The molecular weight excluding hydrogens is 363 g/mol. The van der Waals surface area contributed by atoms with Crippen molar-refractivity contribution in [3.63, 3.8) is 0 Å². The first-order valence-electron chi connectivity index (χ1n) is 7.07. The Morgan fingerprint density at radius 3 is 2.83 bits per heavy atom. The van der Waals surface area contributed by atoms with E-state index in [2.05, 4.69) is 0 Å². The number of aliphatic hydroxyl groups excluding tert-OH is 2. The fourth-order valence-electron chi connectivity index (χ4n) is 2.85. The van der Waals surface area contributed by atoms with Gasteiger partial charge in [0.05, 0.1) is 23.2 Å². The summed E-state index contributed by atoms with van der Waals surface area (Å²) in [6, 6.07) is 3.39. The number of aromatic nitrogens is 2. The molecule has 0 amide bonds. The molecule has 0 bridgehead atoms. The molecule has 3 heterocycles. The third kappa shape index (κ3) is 3.05. The van der Waals surface area contributed by atoms with Crippen molar-refractivity contribution < 1.29 is 19.3 Å². The number of aromatic amines is 1. The summed E-state index contributed by atoms with van der Waals surface area (Å²) < 4.78 is 20.9. The fourth-order valence-corrected chi connectivity index (χ4v) is 4.03. The Morgan fingerprint density at radius 2 is 2.25 bits per heavy atom. The van der Waals surface area contributed by atoms with Gasteiger partial charge in [0.25, 0.3) is 5.56 Å². The second-order valence-electron chi connectivity index (χ2n) is 5.55. The van der Waals surface area contributed by atoms with Crippen molar-refractivity contribution in [3.05, 3.63) is 54.2 Å². The van der Waals surface area contributed by atoms with E-state index < -0.39 is 41.6 Å². The summed E-state index contributed by atoms with van der Waals surface area (Å²) in [6.45, 7) is -0.464. The molecule has 3 atom stereocenters. The Kier molecular flexibility index (Phi) is 4.63. The number of thiophene rings is 1. The minimum atomic E-state index is -1.44. The van der Waals surface area contributed by atoms with Crippen LogP contribution in [-0.4, -0.2) is 38.6 Å². The van der Waals surface area contributed by atoms with Crippen LogP contribution in [0.25, 0.3) is 0 Å². The Morgan fingerprint density at radius 1 is 1.50 bits per heavy atom. The highest BCUT2D eigenvalue weighted by atomic mass is 35.5. The van der Waals surface area contributed by atoms with Gasteiger partial charge in [0.1, 0.15) is 6.10 Å². The molecule has 3 N–H and O–H groups in total.